The number of unbranched alkanes of at least 4 members (excludes halogenated alkanes) is 2. The van der Waals surface area contributed by atoms with Crippen LogP contribution in [0.25, 0.3) is 0 Å². The van der Waals surface area contributed by atoms with Crippen LogP contribution in [0.3, 0.4) is 0 Å². The highest BCUT2D eigenvalue weighted by atomic mass is 28.4. The third-order valence-corrected chi connectivity index (χ3v) is 22.1. The highest BCUT2D eigenvalue weighted by Crippen LogP contribution is 2.62. The molecule has 0 heterocycles. The van der Waals surface area contributed by atoms with Crippen LogP contribution in [0, 0.1) is 0 Å². The Morgan fingerprint density at radius 2 is 0.724 bits per heavy atom. The van der Waals surface area contributed by atoms with Crippen molar-refractivity contribution in [2.45, 2.75) is 148 Å². The van der Waals surface area contributed by atoms with Crippen molar-refractivity contribution in [1.82, 2.24) is 0 Å². The average molecular weight is 445 g/mol. The Hall–Kier alpha value is 0.354. The van der Waals surface area contributed by atoms with Gasteiger partial charge < -0.3 is 8.85 Å². The molecule has 4 heteroatoms. The van der Waals surface area contributed by atoms with E-state index in [1.165, 1.54) is 18.5 Å². The quantitative estimate of drug-likeness (QED) is 0.247. The van der Waals surface area contributed by atoms with E-state index in [2.05, 4.69) is 96.9 Å². The Bertz CT molecular complexity index is 401. The van der Waals surface area contributed by atoms with E-state index in [9.17, 15) is 0 Å². The van der Waals surface area contributed by atoms with Gasteiger partial charge in [-0.3, -0.25) is 0 Å². The van der Waals surface area contributed by atoms with E-state index in [0.717, 1.165) is 26.1 Å². The third kappa shape index (κ3) is 6.67. The molecule has 0 spiro atoms. The maximum absolute atomic E-state index is 7.14. The van der Waals surface area contributed by atoms with E-state index < -0.39 is 16.6 Å². The smallest absolute Gasteiger partial charge is 0.202 e. The molecule has 0 fully saturated rings. The van der Waals surface area contributed by atoms with Gasteiger partial charge in [-0.2, -0.15) is 0 Å². The lowest BCUT2D eigenvalue weighted by atomic mass is 10.2. The van der Waals surface area contributed by atoms with Crippen LogP contribution in [-0.2, 0) is 8.85 Å². The lowest BCUT2D eigenvalue weighted by Gasteiger charge is -2.59. The molecule has 0 saturated carbocycles. The van der Waals surface area contributed by atoms with Gasteiger partial charge in [-0.1, -0.05) is 110 Å². The molecule has 176 valence electrons. The second kappa shape index (κ2) is 10.3. The fourth-order valence-corrected chi connectivity index (χ4v) is 24.7. The fraction of sp³-hybridized carbons (Fsp3) is 1.00. The van der Waals surface area contributed by atoms with Gasteiger partial charge in [-0.15, -0.1) is 0 Å². The van der Waals surface area contributed by atoms with Crippen LogP contribution in [0.1, 0.15) is 123 Å². The Kier molecular flexibility index (Phi) is 10.4. The zero-order valence-electron chi connectivity index (χ0n) is 22.8. The van der Waals surface area contributed by atoms with E-state index in [1.54, 1.807) is 0 Å². The molecule has 0 aliphatic rings. The summed E-state index contributed by atoms with van der Waals surface area (Å²) in [5.74, 6) is 0. The molecule has 0 aliphatic heterocycles. The first kappa shape index (κ1) is 29.4. The van der Waals surface area contributed by atoms with E-state index in [-0.39, 0.29) is 20.2 Å². The van der Waals surface area contributed by atoms with E-state index in [0.29, 0.717) is 0 Å². The third-order valence-electron chi connectivity index (χ3n) is 7.04. The lowest BCUT2D eigenvalue weighted by molar-refractivity contribution is 0.233. The van der Waals surface area contributed by atoms with Crippen LogP contribution in [0.4, 0.5) is 0 Å². The van der Waals surface area contributed by atoms with Crippen molar-refractivity contribution in [2.24, 2.45) is 0 Å². The van der Waals surface area contributed by atoms with Gasteiger partial charge in [0.15, 0.2) is 0 Å². The van der Waals surface area contributed by atoms with Crippen molar-refractivity contribution in [1.29, 1.82) is 0 Å². The Morgan fingerprint density at radius 1 is 0.483 bits per heavy atom. The molecule has 0 aliphatic carbocycles. The molecule has 0 aromatic carbocycles. The van der Waals surface area contributed by atoms with Crippen molar-refractivity contribution >= 4 is 16.6 Å². The van der Waals surface area contributed by atoms with Crippen molar-refractivity contribution in [3.8, 4) is 0 Å². The molecule has 0 radical (unpaired) electrons. The first-order valence-electron chi connectivity index (χ1n) is 12.1. The van der Waals surface area contributed by atoms with Crippen molar-refractivity contribution in [3.05, 3.63) is 0 Å². The van der Waals surface area contributed by atoms with E-state index in [1.807, 2.05) is 0 Å². The van der Waals surface area contributed by atoms with Gasteiger partial charge in [-0.25, -0.2) is 0 Å². The molecule has 0 unspecified atom stereocenters. The molecule has 0 rings (SSSR count). The minimum atomic E-state index is -2.21. The maximum Gasteiger partial charge on any atom is 0.202 e. The van der Waals surface area contributed by atoms with E-state index >= 15 is 0 Å². The highest BCUT2D eigenvalue weighted by Gasteiger charge is 2.65. The Balaban J connectivity index is 6.70. The summed E-state index contributed by atoms with van der Waals surface area (Å²) in [6.45, 7) is 35.6. The number of rotatable bonds is 10. The van der Waals surface area contributed by atoms with Crippen LogP contribution in [0.5, 0.6) is 0 Å². The molecule has 0 saturated heterocycles. The summed E-state index contributed by atoms with van der Waals surface area (Å²) in [5.41, 5.74) is 1.17. The largest absolute Gasteiger partial charge is 0.416 e. The zero-order chi connectivity index (χ0) is 23.4. The second-order valence-electron chi connectivity index (χ2n) is 13.2. The fourth-order valence-electron chi connectivity index (χ4n) is 5.41. The second-order valence-corrected chi connectivity index (χ2v) is 24.5. The minimum absolute atomic E-state index is 0.155. The summed E-state index contributed by atoms with van der Waals surface area (Å²) in [7, 11) is -4.43. The summed E-state index contributed by atoms with van der Waals surface area (Å²) >= 11 is 0. The van der Waals surface area contributed by atoms with Crippen molar-refractivity contribution < 1.29 is 8.85 Å². The van der Waals surface area contributed by atoms with Crippen molar-refractivity contribution in [3.63, 3.8) is 0 Å². The molecule has 0 aromatic rings. The predicted molar refractivity (Wildman–Crippen MR) is 137 cm³/mol. The summed E-state index contributed by atoms with van der Waals surface area (Å²) in [6.07, 6.45) is 4.67. The molecule has 0 bridgehead atoms. The maximum atomic E-state index is 7.14. The van der Waals surface area contributed by atoms with Crippen LogP contribution in [-0.4, -0.2) is 29.8 Å². The van der Waals surface area contributed by atoms with Gasteiger partial charge >= 0.3 is 0 Å². The summed E-state index contributed by atoms with van der Waals surface area (Å²) < 4.78 is 14.3. The lowest BCUT2D eigenvalue weighted by Crippen LogP contribution is -2.66. The monoisotopic (exact) mass is 444 g/mol. The Labute approximate surface area is 187 Å². The van der Waals surface area contributed by atoms with Gasteiger partial charge in [0.1, 0.15) is 0 Å². The van der Waals surface area contributed by atoms with Gasteiger partial charge in [0.25, 0.3) is 0 Å². The average Bonchev–Trinajstić information content (AvgIpc) is 2.47. The normalized spacial score (nSPS) is 15.1. The van der Waals surface area contributed by atoms with Gasteiger partial charge in [0.05, 0.1) is 0 Å². The molecule has 0 N–H and O–H groups in total. The minimum Gasteiger partial charge on any atom is -0.416 e. The summed E-state index contributed by atoms with van der Waals surface area (Å²) in [6, 6.07) is 0. The van der Waals surface area contributed by atoms with Crippen LogP contribution < -0.4 is 0 Å². The molecule has 2 nitrogen and oxygen atoms in total. The predicted octanol–water partition coefficient (Wildman–Crippen LogP) is 9.25. The van der Waals surface area contributed by atoms with Crippen molar-refractivity contribution in [2.75, 3.05) is 13.2 Å². The van der Waals surface area contributed by atoms with Crippen LogP contribution in [0.15, 0.2) is 0 Å². The zero-order valence-corrected chi connectivity index (χ0v) is 24.8. The first-order valence-corrected chi connectivity index (χ1v) is 16.3. The summed E-state index contributed by atoms with van der Waals surface area (Å²) in [4.78, 5) is 0. The molecular formula is C25H56O2Si2. The highest BCUT2D eigenvalue weighted by molar-refractivity contribution is 6.96. The molecule has 0 amide bonds. The molecule has 0 aromatic heterocycles. The summed E-state index contributed by atoms with van der Waals surface area (Å²) in [5, 5.41) is 0.618. The van der Waals surface area contributed by atoms with Gasteiger partial charge in [0.2, 0.25) is 16.6 Å². The van der Waals surface area contributed by atoms with Crippen LogP contribution >= 0.6 is 0 Å². The van der Waals surface area contributed by atoms with E-state index in [4.69, 9.17) is 8.85 Å². The van der Waals surface area contributed by atoms with Gasteiger partial charge in [-0.05, 0) is 38.7 Å². The molecule has 0 atom stereocenters. The topological polar surface area (TPSA) is 18.5 Å². The first-order chi connectivity index (χ1) is 12.8. The molecular weight excluding hydrogens is 388 g/mol. The SMILES string of the molecule is CCCCO[Si](C[Si](OCCCC)(C(C)(C)C)C(C)(C)C)(C(C)(C)C)C(C)(C)C. The van der Waals surface area contributed by atoms with Gasteiger partial charge in [0, 0.05) is 13.2 Å². The Morgan fingerprint density at radius 3 is 0.897 bits per heavy atom. The number of hydrogen-bond donors (Lipinski definition) is 0. The van der Waals surface area contributed by atoms with Crippen LogP contribution in [0.2, 0.25) is 25.8 Å². The molecule has 29 heavy (non-hydrogen) atoms. The standard InChI is InChI=1S/C25H56O2Si2/c1-15-17-19-26-28(22(3,4)5,23(6,7)8)21-29(24(9,10)11,25(12,13)14)27-20-18-16-2/h15-21H2,1-14H3. The number of hydrogen-bond acceptors (Lipinski definition) is 2.